The lowest BCUT2D eigenvalue weighted by Crippen LogP contribution is -2.46. The van der Waals surface area contributed by atoms with Gasteiger partial charge >= 0.3 is 5.97 Å². The molecule has 0 spiro atoms. The van der Waals surface area contributed by atoms with Crippen LogP contribution in [0.3, 0.4) is 0 Å². The average Bonchev–Trinajstić information content (AvgIpc) is 2.70. The molecule has 6 nitrogen and oxygen atoms in total. The Hall–Kier alpha value is -2.86. The van der Waals surface area contributed by atoms with Crippen LogP contribution in [-0.4, -0.2) is 41.6 Å². The molecule has 0 aromatic heterocycles. The van der Waals surface area contributed by atoms with Crippen LogP contribution in [0, 0.1) is 0 Å². The minimum atomic E-state index is -0.956. The fraction of sp³-hybridized carbons (Fsp3) is 0.333. The van der Waals surface area contributed by atoms with Gasteiger partial charge in [-0.1, -0.05) is 18.2 Å². The lowest BCUT2D eigenvalue weighted by molar-refractivity contribution is -0.126. The summed E-state index contributed by atoms with van der Waals surface area (Å²) in [6.45, 7) is 3.85. The molecule has 2 aromatic carbocycles. The highest BCUT2D eigenvalue weighted by Crippen LogP contribution is 2.24. The number of carboxylic acids is 1. The summed E-state index contributed by atoms with van der Waals surface area (Å²) in [5.74, 6) is -0.126. The number of aromatic carboxylic acids is 1. The summed E-state index contributed by atoms with van der Waals surface area (Å²) in [4.78, 5) is 25.6. The zero-order chi connectivity index (χ0) is 19.4. The average molecular weight is 368 g/mol. The van der Waals surface area contributed by atoms with Crippen LogP contribution < -0.4 is 10.1 Å². The fourth-order valence-corrected chi connectivity index (χ4v) is 3.28. The Morgan fingerprint density at radius 3 is 2.59 bits per heavy atom. The maximum absolute atomic E-state index is 12.5. The van der Waals surface area contributed by atoms with Gasteiger partial charge in [-0.05, 0) is 54.3 Å². The molecule has 1 aliphatic rings. The summed E-state index contributed by atoms with van der Waals surface area (Å²) in [5.41, 5.74) is 3.61. The highest BCUT2D eigenvalue weighted by molar-refractivity contribution is 5.87. The van der Waals surface area contributed by atoms with Gasteiger partial charge in [0.2, 0.25) is 5.91 Å². The Morgan fingerprint density at radius 1 is 1.19 bits per heavy atom. The number of carboxylic acid groups (broad SMARTS) is 1. The number of ether oxygens (including phenoxy) is 1. The topological polar surface area (TPSA) is 78.9 Å². The van der Waals surface area contributed by atoms with Crippen LogP contribution in [0.5, 0.6) is 5.75 Å². The van der Waals surface area contributed by atoms with Crippen LogP contribution >= 0.6 is 0 Å². The first-order valence-electron chi connectivity index (χ1n) is 8.97. The molecular formula is C21H24N2O4. The summed E-state index contributed by atoms with van der Waals surface area (Å²) in [5, 5.41) is 11.9. The highest BCUT2D eigenvalue weighted by atomic mass is 16.5. The Balaban J connectivity index is 1.56. The summed E-state index contributed by atoms with van der Waals surface area (Å²) in [6.07, 6.45) is 0.890. The zero-order valence-corrected chi connectivity index (χ0v) is 15.6. The molecule has 0 fully saturated rings. The van der Waals surface area contributed by atoms with Gasteiger partial charge in [0.05, 0.1) is 18.7 Å². The molecule has 2 aromatic rings. The molecule has 2 N–H and O–H groups in total. The molecule has 3 rings (SSSR count). The lowest BCUT2D eigenvalue weighted by atomic mass is 9.98. The summed E-state index contributed by atoms with van der Waals surface area (Å²) in [6, 6.07) is 12.4. The van der Waals surface area contributed by atoms with Crippen LogP contribution in [0.4, 0.5) is 0 Å². The van der Waals surface area contributed by atoms with Crippen molar-refractivity contribution in [2.75, 3.05) is 13.7 Å². The summed E-state index contributed by atoms with van der Waals surface area (Å²) < 4.78 is 5.28. The molecule has 1 aliphatic heterocycles. The van der Waals surface area contributed by atoms with Crippen molar-refractivity contribution in [2.45, 2.75) is 32.5 Å². The van der Waals surface area contributed by atoms with E-state index >= 15 is 0 Å². The molecule has 1 amide bonds. The molecule has 0 radical (unpaired) electrons. The molecule has 6 heteroatoms. The van der Waals surface area contributed by atoms with Gasteiger partial charge in [-0.15, -0.1) is 0 Å². The number of fused-ring (bicyclic) bond motifs is 1. The van der Waals surface area contributed by atoms with Gasteiger partial charge in [-0.25, -0.2) is 4.79 Å². The molecule has 27 heavy (non-hydrogen) atoms. The molecule has 0 aliphatic carbocycles. The van der Waals surface area contributed by atoms with E-state index in [4.69, 9.17) is 9.84 Å². The van der Waals surface area contributed by atoms with Crippen molar-refractivity contribution in [1.82, 2.24) is 10.2 Å². The van der Waals surface area contributed by atoms with Gasteiger partial charge in [0, 0.05) is 19.6 Å². The Labute approximate surface area is 158 Å². The second-order valence-corrected chi connectivity index (χ2v) is 6.75. The van der Waals surface area contributed by atoms with Gasteiger partial charge in [0.25, 0.3) is 0 Å². The van der Waals surface area contributed by atoms with Crippen molar-refractivity contribution in [3.63, 3.8) is 0 Å². The molecule has 1 atom stereocenters. The fourth-order valence-electron chi connectivity index (χ4n) is 3.28. The monoisotopic (exact) mass is 368 g/mol. The van der Waals surface area contributed by atoms with E-state index in [1.165, 1.54) is 11.1 Å². The predicted molar refractivity (Wildman–Crippen MR) is 102 cm³/mol. The van der Waals surface area contributed by atoms with E-state index in [1.54, 1.807) is 31.4 Å². The van der Waals surface area contributed by atoms with Gasteiger partial charge in [-0.2, -0.15) is 0 Å². The minimum absolute atomic E-state index is 0.0331. The van der Waals surface area contributed by atoms with Crippen LogP contribution in [0.1, 0.15) is 34.0 Å². The summed E-state index contributed by atoms with van der Waals surface area (Å²) >= 11 is 0. The van der Waals surface area contributed by atoms with E-state index in [9.17, 15) is 9.59 Å². The number of nitrogens with zero attached hydrogens (tertiary/aromatic N) is 1. The van der Waals surface area contributed by atoms with Crippen LogP contribution in [-0.2, 0) is 24.3 Å². The summed E-state index contributed by atoms with van der Waals surface area (Å²) in [7, 11) is 1.67. The number of benzene rings is 2. The Kier molecular flexibility index (Phi) is 5.76. The van der Waals surface area contributed by atoms with E-state index in [0.717, 1.165) is 30.8 Å². The third-order valence-electron chi connectivity index (χ3n) is 5.05. The van der Waals surface area contributed by atoms with Crippen molar-refractivity contribution in [2.24, 2.45) is 0 Å². The third-order valence-corrected chi connectivity index (χ3v) is 5.05. The molecule has 1 unspecified atom stereocenters. The van der Waals surface area contributed by atoms with E-state index < -0.39 is 5.97 Å². The van der Waals surface area contributed by atoms with E-state index in [1.807, 2.05) is 13.0 Å². The second-order valence-electron chi connectivity index (χ2n) is 6.75. The first kappa shape index (κ1) is 18.9. The number of hydrogen-bond donors (Lipinski definition) is 2. The van der Waals surface area contributed by atoms with E-state index in [0.29, 0.717) is 6.54 Å². The number of carbonyl (C=O) groups excluding carboxylic acids is 1. The molecule has 142 valence electrons. The smallest absolute Gasteiger partial charge is 0.335 e. The van der Waals surface area contributed by atoms with Crippen molar-refractivity contribution < 1.29 is 19.4 Å². The number of carbonyl (C=O) groups is 2. The van der Waals surface area contributed by atoms with Crippen molar-refractivity contribution in [1.29, 1.82) is 0 Å². The molecule has 0 bridgehead atoms. The van der Waals surface area contributed by atoms with Crippen molar-refractivity contribution in [3.05, 3.63) is 64.7 Å². The predicted octanol–water partition coefficient (Wildman–Crippen LogP) is 2.46. The quantitative estimate of drug-likeness (QED) is 0.819. The Morgan fingerprint density at radius 2 is 1.93 bits per heavy atom. The van der Waals surface area contributed by atoms with Crippen LogP contribution in [0.25, 0.3) is 0 Å². The highest BCUT2D eigenvalue weighted by Gasteiger charge is 2.25. The second kappa shape index (κ2) is 8.22. The first-order chi connectivity index (χ1) is 13.0. The van der Waals surface area contributed by atoms with Gasteiger partial charge < -0.3 is 15.2 Å². The Bertz CT molecular complexity index is 833. The standard InChI is InChI=1S/C21H24N2O4/c1-14(20(24)22-12-15-3-5-16(6-4-15)21(25)26)23-10-9-17-11-19(27-2)8-7-18(17)13-23/h3-8,11,14H,9-10,12-13H2,1-2H3,(H,22,24)(H,25,26). The van der Waals surface area contributed by atoms with Crippen LogP contribution in [0.2, 0.25) is 0 Å². The minimum Gasteiger partial charge on any atom is -0.497 e. The van der Waals surface area contributed by atoms with Crippen molar-refractivity contribution >= 4 is 11.9 Å². The number of amides is 1. The molecule has 0 saturated carbocycles. The largest absolute Gasteiger partial charge is 0.497 e. The van der Waals surface area contributed by atoms with Gasteiger partial charge in [0.15, 0.2) is 0 Å². The maximum atomic E-state index is 12.5. The van der Waals surface area contributed by atoms with Gasteiger partial charge in [-0.3, -0.25) is 9.69 Å². The lowest BCUT2D eigenvalue weighted by Gasteiger charge is -2.33. The number of hydrogen-bond acceptors (Lipinski definition) is 4. The van der Waals surface area contributed by atoms with E-state index in [-0.39, 0.29) is 17.5 Å². The third kappa shape index (κ3) is 4.46. The first-order valence-corrected chi connectivity index (χ1v) is 8.97. The SMILES string of the molecule is COc1ccc2c(c1)CCN(C(C)C(=O)NCc1ccc(C(=O)O)cc1)C2. The molecule has 0 saturated heterocycles. The normalized spacial score (nSPS) is 14.9. The number of methoxy groups -OCH3 is 1. The molecule has 1 heterocycles. The van der Waals surface area contributed by atoms with Crippen molar-refractivity contribution in [3.8, 4) is 5.75 Å². The van der Waals surface area contributed by atoms with Gasteiger partial charge in [0.1, 0.15) is 5.75 Å². The maximum Gasteiger partial charge on any atom is 0.335 e. The number of rotatable bonds is 6. The van der Waals surface area contributed by atoms with E-state index in [2.05, 4.69) is 22.3 Å². The zero-order valence-electron chi connectivity index (χ0n) is 15.6. The van der Waals surface area contributed by atoms with Crippen LogP contribution in [0.15, 0.2) is 42.5 Å². The number of nitrogens with one attached hydrogen (secondary N) is 1. The molecular weight excluding hydrogens is 344 g/mol.